The van der Waals surface area contributed by atoms with Crippen molar-refractivity contribution in [2.24, 2.45) is 0 Å². The number of benzene rings is 2. The number of likely N-dealkylation sites (N-methyl/N-ethyl adjacent to an activating group) is 1. The molecular formula is C22H18F2N2O2. The first-order valence-corrected chi connectivity index (χ1v) is 9.01. The first-order valence-electron chi connectivity index (χ1n) is 9.01. The van der Waals surface area contributed by atoms with Crippen LogP contribution in [0.4, 0.5) is 8.78 Å². The molecule has 28 heavy (non-hydrogen) atoms. The summed E-state index contributed by atoms with van der Waals surface area (Å²) in [6.45, 7) is 3.58. The summed E-state index contributed by atoms with van der Waals surface area (Å²) in [5.41, 5.74) is 2.69. The fourth-order valence-corrected chi connectivity index (χ4v) is 3.67. The Labute approximate surface area is 160 Å². The zero-order valence-corrected chi connectivity index (χ0v) is 15.2. The van der Waals surface area contributed by atoms with E-state index in [2.05, 4.69) is 4.98 Å². The van der Waals surface area contributed by atoms with Crippen LogP contribution in [0.3, 0.4) is 0 Å². The molecule has 3 aromatic rings. The monoisotopic (exact) mass is 380 g/mol. The minimum Gasteiger partial charge on any atom is -0.478 e. The van der Waals surface area contributed by atoms with E-state index in [9.17, 15) is 18.7 Å². The van der Waals surface area contributed by atoms with Gasteiger partial charge in [-0.2, -0.15) is 0 Å². The topological polar surface area (TPSA) is 53.4 Å². The lowest BCUT2D eigenvalue weighted by molar-refractivity contribution is 0.0696. The molecule has 4 nitrogen and oxygen atoms in total. The molecule has 1 aliphatic rings. The van der Waals surface area contributed by atoms with Crippen LogP contribution in [0.5, 0.6) is 0 Å². The predicted molar refractivity (Wildman–Crippen MR) is 104 cm³/mol. The molecule has 142 valence electrons. The van der Waals surface area contributed by atoms with Gasteiger partial charge in [-0.05, 0) is 30.3 Å². The Kier molecular flexibility index (Phi) is 4.65. The Morgan fingerprint density at radius 3 is 2.71 bits per heavy atom. The van der Waals surface area contributed by atoms with Gasteiger partial charge in [0.15, 0.2) is 11.6 Å². The third kappa shape index (κ3) is 3.05. The first-order chi connectivity index (χ1) is 13.5. The van der Waals surface area contributed by atoms with Crippen molar-refractivity contribution in [2.45, 2.75) is 13.5 Å². The maximum atomic E-state index is 14.2. The number of aromatic carboxylic acids is 1. The number of nitrogens with zero attached hydrogens (tertiary/aromatic N) is 2. The fraction of sp³-hybridized carbons (Fsp3) is 0.182. The molecule has 1 N–H and O–H groups in total. The highest BCUT2D eigenvalue weighted by Crippen LogP contribution is 2.34. The molecule has 0 amide bonds. The van der Waals surface area contributed by atoms with Crippen LogP contribution >= 0.6 is 0 Å². The van der Waals surface area contributed by atoms with E-state index >= 15 is 0 Å². The van der Waals surface area contributed by atoms with Gasteiger partial charge in [0.25, 0.3) is 0 Å². The highest BCUT2D eigenvalue weighted by Gasteiger charge is 2.28. The number of hydrogen-bond donors (Lipinski definition) is 1. The Balaban J connectivity index is 2.01. The Hall–Kier alpha value is -3.12. The predicted octanol–water partition coefficient (Wildman–Crippen LogP) is 4.59. The maximum Gasteiger partial charge on any atom is 0.336 e. The number of para-hydroxylation sites is 1. The number of carbonyl (C=O) groups is 1. The van der Waals surface area contributed by atoms with Gasteiger partial charge in [-0.25, -0.2) is 18.6 Å². The van der Waals surface area contributed by atoms with E-state index in [-0.39, 0.29) is 11.1 Å². The number of rotatable bonds is 3. The molecule has 0 bridgehead atoms. The second-order valence-corrected chi connectivity index (χ2v) is 6.75. The van der Waals surface area contributed by atoms with E-state index < -0.39 is 17.6 Å². The van der Waals surface area contributed by atoms with Gasteiger partial charge in [0.2, 0.25) is 0 Å². The minimum atomic E-state index is -1.02. The highest BCUT2D eigenvalue weighted by molar-refractivity contribution is 6.06. The van der Waals surface area contributed by atoms with Crippen LogP contribution < -0.4 is 0 Å². The summed E-state index contributed by atoms with van der Waals surface area (Å²) in [6.07, 6.45) is 1.56. The van der Waals surface area contributed by atoms with E-state index in [1.54, 1.807) is 30.3 Å². The lowest BCUT2D eigenvalue weighted by Gasteiger charge is -2.30. The molecule has 1 aromatic heterocycles. The SMILES string of the molecule is CCN1CC(=Cc2cccc(F)c2F)c2nc3ccccc3c(C(=O)O)c2C1. The van der Waals surface area contributed by atoms with Crippen LogP contribution in [0.15, 0.2) is 42.5 Å². The zero-order valence-electron chi connectivity index (χ0n) is 15.2. The summed E-state index contributed by atoms with van der Waals surface area (Å²) in [5, 5.41) is 10.5. The molecule has 0 unspecified atom stereocenters. The van der Waals surface area contributed by atoms with Crippen LogP contribution in [-0.4, -0.2) is 34.0 Å². The molecular weight excluding hydrogens is 362 g/mol. The molecule has 2 aromatic carbocycles. The normalized spacial score (nSPS) is 15.8. The number of carboxylic acid groups (broad SMARTS) is 1. The van der Waals surface area contributed by atoms with Crippen LogP contribution in [0, 0.1) is 11.6 Å². The zero-order chi connectivity index (χ0) is 19.8. The second kappa shape index (κ2) is 7.13. The largest absolute Gasteiger partial charge is 0.478 e. The number of carboxylic acids is 1. The van der Waals surface area contributed by atoms with Gasteiger partial charge in [0.05, 0.1) is 16.8 Å². The lowest BCUT2D eigenvalue weighted by Crippen LogP contribution is -2.31. The lowest BCUT2D eigenvalue weighted by atomic mass is 9.92. The molecule has 0 saturated heterocycles. The third-order valence-electron chi connectivity index (χ3n) is 5.05. The number of halogens is 2. The van der Waals surface area contributed by atoms with Gasteiger partial charge in [-0.15, -0.1) is 0 Å². The van der Waals surface area contributed by atoms with Crippen molar-refractivity contribution in [3.8, 4) is 0 Å². The molecule has 6 heteroatoms. The van der Waals surface area contributed by atoms with Crippen LogP contribution in [0.2, 0.25) is 0 Å². The van der Waals surface area contributed by atoms with Gasteiger partial charge in [-0.3, -0.25) is 4.90 Å². The van der Waals surface area contributed by atoms with E-state index in [0.717, 1.165) is 6.07 Å². The number of hydrogen-bond acceptors (Lipinski definition) is 3. The Morgan fingerprint density at radius 1 is 1.18 bits per heavy atom. The highest BCUT2D eigenvalue weighted by atomic mass is 19.2. The third-order valence-corrected chi connectivity index (χ3v) is 5.05. The van der Waals surface area contributed by atoms with E-state index in [1.165, 1.54) is 12.1 Å². The van der Waals surface area contributed by atoms with Crippen molar-refractivity contribution in [3.63, 3.8) is 0 Å². The molecule has 0 fully saturated rings. The average molecular weight is 380 g/mol. The molecule has 0 aliphatic carbocycles. The van der Waals surface area contributed by atoms with E-state index in [0.29, 0.717) is 47.4 Å². The number of fused-ring (bicyclic) bond motifs is 2. The first kappa shape index (κ1) is 18.3. The van der Waals surface area contributed by atoms with Gasteiger partial charge >= 0.3 is 5.97 Å². The smallest absolute Gasteiger partial charge is 0.336 e. The summed E-state index contributed by atoms with van der Waals surface area (Å²) in [5.74, 6) is -2.87. The molecule has 0 spiro atoms. The maximum absolute atomic E-state index is 14.2. The molecule has 4 rings (SSSR count). The minimum absolute atomic E-state index is 0.116. The van der Waals surface area contributed by atoms with E-state index in [4.69, 9.17) is 0 Å². The number of aromatic nitrogens is 1. The molecule has 0 atom stereocenters. The quantitative estimate of drug-likeness (QED) is 0.722. The number of pyridine rings is 1. The van der Waals surface area contributed by atoms with Crippen molar-refractivity contribution < 1.29 is 18.7 Å². The summed E-state index contributed by atoms with van der Waals surface area (Å²) in [4.78, 5) is 18.8. The van der Waals surface area contributed by atoms with Crippen molar-refractivity contribution in [2.75, 3.05) is 13.1 Å². The van der Waals surface area contributed by atoms with Crippen molar-refractivity contribution >= 4 is 28.5 Å². The van der Waals surface area contributed by atoms with Crippen LogP contribution in [0.1, 0.15) is 34.1 Å². The van der Waals surface area contributed by atoms with Gasteiger partial charge in [-0.1, -0.05) is 37.3 Å². The standard InChI is InChI=1S/C22H18F2N2O2/c1-2-26-11-14(10-13-6-5-8-17(23)20(13)24)21-16(12-26)19(22(27)28)15-7-3-4-9-18(15)25-21/h3-10H,2,11-12H2,1H3,(H,27,28). The van der Waals surface area contributed by atoms with Crippen LogP contribution in [0.25, 0.3) is 22.6 Å². The van der Waals surface area contributed by atoms with Crippen LogP contribution in [-0.2, 0) is 6.54 Å². The summed E-state index contributed by atoms with van der Waals surface area (Å²) >= 11 is 0. The Morgan fingerprint density at radius 2 is 1.96 bits per heavy atom. The fourth-order valence-electron chi connectivity index (χ4n) is 3.67. The Bertz CT molecular complexity index is 1120. The molecule has 0 saturated carbocycles. The summed E-state index contributed by atoms with van der Waals surface area (Å²) < 4.78 is 27.9. The van der Waals surface area contributed by atoms with Gasteiger partial charge in [0.1, 0.15) is 0 Å². The van der Waals surface area contributed by atoms with E-state index in [1.807, 2.05) is 11.8 Å². The molecule has 1 aliphatic heterocycles. The van der Waals surface area contributed by atoms with Gasteiger partial charge < -0.3 is 5.11 Å². The molecule has 2 heterocycles. The van der Waals surface area contributed by atoms with Crippen molar-refractivity contribution in [3.05, 3.63) is 76.5 Å². The van der Waals surface area contributed by atoms with Crippen molar-refractivity contribution in [1.82, 2.24) is 9.88 Å². The summed E-state index contributed by atoms with van der Waals surface area (Å²) in [6, 6.07) is 11.1. The average Bonchev–Trinajstić information content (AvgIpc) is 2.69. The van der Waals surface area contributed by atoms with Gasteiger partial charge in [0, 0.05) is 29.6 Å². The van der Waals surface area contributed by atoms with Crippen molar-refractivity contribution in [1.29, 1.82) is 0 Å². The molecule has 0 radical (unpaired) electrons. The second-order valence-electron chi connectivity index (χ2n) is 6.75. The summed E-state index contributed by atoms with van der Waals surface area (Å²) in [7, 11) is 0.